The third-order valence-electron chi connectivity index (χ3n) is 3.66. The number of likely N-dealkylation sites (tertiary alicyclic amines) is 1. The molecule has 0 spiro atoms. The topological polar surface area (TPSA) is 29.3 Å². The van der Waals surface area contributed by atoms with Crippen molar-refractivity contribution in [1.82, 2.24) is 4.90 Å². The van der Waals surface area contributed by atoms with Gasteiger partial charge in [-0.25, -0.2) is 0 Å². The molecule has 0 aliphatic carbocycles. The second-order valence-corrected chi connectivity index (χ2v) is 5.84. The lowest BCUT2D eigenvalue weighted by Crippen LogP contribution is -2.37. The molecule has 1 fully saturated rings. The molecular weight excluding hydrogens is 267 g/mol. The Labute approximate surface area is 119 Å². The molecule has 0 aromatic heterocycles. The van der Waals surface area contributed by atoms with E-state index in [1.54, 1.807) is 0 Å². The molecule has 0 amide bonds. The summed E-state index contributed by atoms with van der Waals surface area (Å²) < 4.78 is 0. The number of halogens is 2. The maximum Gasteiger partial charge on any atom is 0.0595 e. The molecule has 1 heterocycles. The average molecular weight is 287 g/mol. The van der Waals surface area contributed by atoms with E-state index in [9.17, 15) is 0 Å². The summed E-state index contributed by atoms with van der Waals surface area (Å²) in [7, 11) is 0. The zero-order chi connectivity index (χ0) is 13.0. The molecule has 2 nitrogen and oxygen atoms in total. The van der Waals surface area contributed by atoms with Gasteiger partial charge in [0, 0.05) is 13.1 Å². The van der Waals surface area contributed by atoms with Crippen molar-refractivity contribution in [1.29, 1.82) is 0 Å². The minimum Gasteiger partial charge on any atom is -0.329 e. The van der Waals surface area contributed by atoms with Crippen LogP contribution in [0.4, 0.5) is 0 Å². The maximum absolute atomic E-state index is 6.04. The first kappa shape index (κ1) is 14.1. The normalized spacial score (nSPS) is 18.2. The fraction of sp³-hybridized carbons (Fsp3) is 0.571. The summed E-state index contributed by atoms with van der Waals surface area (Å²) in [6.07, 6.45) is 3.61. The van der Waals surface area contributed by atoms with Gasteiger partial charge in [-0.2, -0.15) is 0 Å². The summed E-state index contributed by atoms with van der Waals surface area (Å²) in [4.78, 5) is 2.45. The molecule has 0 saturated carbocycles. The summed E-state index contributed by atoms with van der Waals surface area (Å²) in [5.41, 5.74) is 6.87. The standard InChI is InChI=1S/C14H20Cl2N2/c15-13-2-1-12(10-14(13)16)9-11-3-6-18(7-4-11)8-5-17/h1-2,10-11H,3-9,17H2. The van der Waals surface area contributed by atoms with Crippen LogP contribution in [0.3, 0.4) is 0 Å². The van der Waals surface area contributed by atoms with Crippen LogP contribution in [0.5, 0.6) is 0 Å². The largest absolute Gasteiger partial charge is 0.329 e. The van der Waals surface area contributed by atoms with Gasteiger partial charge < -0.3 is 10.6 Å². The monoisotopic (exact) mass is 286 g/mol. The molecule has 1 aromatic carbocycles. The summed E-state index contributed by atoms with van der Waals surface area (Å²) in [5.74, 6) is 0.760. The lowest BCUT2D eigenvalue weighted by Gasteiger charge is -2.31. The maximum atomic E-state index is 6.04. The van der Waals surface area contributed by atoms with Crippen LogP contribution < -0.4 is 5.73 Å². The lowest BCUT2D eigenvalue weighted by atomic mass is 9.90. The van der Waals surface area contributed by atoms with Crippen LogP contribution in [0.1, 0.15) is 18.4 Å². The number of nitrogens with zero attached hydrogens (tertiary/aromatic N) is 1. The number of hydrogen-bond acceptors (Lipinski definition) is 2. The third kappa shape index (κ3) is 3.86. The van der Waals surface area contributed by atoms with Gasteiger partial charge in [-0.05, 0) is 56.0 Å². The first-order valence-electron chi connectivity index (χ1n) is 6.55. The first-order chi connectivity index (χ1) is 8.69. The highest BCUT2D eigenvalue weighted by Gasteiger charge is 2.18. The van der Waals surface area contributed by atoms with Crippen LogP contribution in [0, 0.1) is 5.92 Å². The van der Waals surface area contributed by atoms with Gasteiger partial charge in [0.25, 0.3) is 0 Å². The van der Waals surface area contributed by atoms with Gasteiger partial charge in [-0.15, -0.1) is 0 Å². The number of benzene rings is 1. The molecule has 1 aromatic rings. The van der Waals surface area contributed by atoms with Gasteiger partial charge in [0.1, 0.15) is 0 Å². The molecule has 18 heavy (non-hydrogen) atoms. The van der Waals surface area contributed by atoms with Crippen molar-refractivity contribution in [2.45, 2.75) is 19.3 Å². The molecule has 1 aliphatic heterocycles. The Morgan fingerprint density at radius 2 is 1.89 bits per heavy atom. The Morgan fingerprint density at radius 3 is 2.50 bits per heavy atom. The summed E-state index contributed by atoms with van der Waals surface area (Å²) >= 11 is 12.0. The Kier molecular flexibility index (Phi) is 5.31. The molecule has 2 rings (SSSR count). The van der Waals surface area contributed by atoms with E-state index in [2.05, 4.69) is 11.0 Å². The van der Waals surface area contributed by atoms with Crippen LogP contribution in [-0.4, -0.2) is 31.1 Å². The smallest absolute Gasteiger partial charge is 0.0595 e. The number of piperidine rings is 1. The highest BCUT2D eigenvalue weighted by molar-refractivity contribution is 6.42. The summed E-state index contributed by atoms with van der Waals surface area (Å²) in [5, 5.41) is 1.30. The van der Waals surface area contributed by atoms with E-state index in [0.717, 1.165) is 25.4 Å². The van der Waals surface area contributed by atoms with Gasteiger partial charge in [0.15, 0.2) is 0 Å². The SMILES string of the molecule is NCCN1CCC(Cc2ccc(Cl)c(Cl)c2)CC1. The average Bonchev–Trinajstić information content (AvgIpc) is 2.37. The van der Waals surface area contributed by atoms with Crippen LogP contribution in [0.25, 0.3) is 0 Å². The van der Waals surface area contributed by atoms with Crippen LogP contribution in [-0.2, 0) is 6.42 Å². The molecule has 4 heteroatoms. The van der Waals surface area contributed by atoms with E-state index in [4.69, 9.17) is 28.9 Å². The van der Waals surface area contributed by atoms with E-state index in [1.807, 2.05) is 12.1 Å². The highest BCUT2D eigenvalue weighted by atomic mass is 35.5. The fourth-order valence-corrected chi connectivity index (χ4v) is 2.92. The minimum atomic E-state index is 0.637. The van der Waals surface area contributed by atoms with Gasteiger partial charge in [-0.1, -0.05) is 29.3 Å². The van der Waals surface area contributed by atoms with E-state index in [0.29, 0.717) is 10.0 Å². The lowest BCUT2D eigenvalue weighted by molar-refractivity contribution is 0.188. The third-order valence-corrected chi connectivity index (χ3v) is 4.40. The highest BCUT2D eigenvalue weighted by Crippen LogP contribution is 2.26. The van der Waals surface area contributed by atoms with E-state index < -0.39 is 0 Å². The van der Waals surface area contributed by atoms with E-state index in [-0.39, 0.29) is 0 Å². The van der Waals surface area contributed by atoms with Gasteiger partial charge >= 0.3 is 0 Å². The minimum absolute atomic E-state index is 0.637. The van der Waals surface area contributed by atoms with E-state index >= 15 is 0 Å². The molecule has 2 N–H and O–H groups in total. The molecule has 100 valence electrons. The predicted octanol–water partition coefficient (Wildman–Crippen LogP) is 3.21. The molecule has 0 atom stereocenters. The molecule has 0 radical (unpaired) electrons. The zero-order valence-electron chi connectivity index (χ0n) is 10.5. The van der Waals surface area contributed by atoms with Crippen molar-refractivity contribution < 1.29 is 0 Å². The van der Waals surface area contributed by atoms with Gasteiger partial charge in [0.2, 0.25) is 0 Å². The molecule has 0 bridgehead atoms. The Hall–Kier alpha value is -0.280. The molecule has 0 unspecified atom stereocenters. The van der Waals surface area contributed by atoms with Crippen molar-refractivity contribution in [3.63, 3.8) is 0 Å². The second-order valence-electron chi connectivity index (χ2n) is 5.03. The second kappa shape index (κ2) is 6.76. The van der Waals surface area contributed by atoms with Crippen molar-refractivity contribution >= 4 is 23.2 Å². The predicted molar refractivity (Wildman–Crippen MR) is 78.4 cm³/mol. The van der Waals surface area contributed by atoms with Gasteiger partial charge in [0.05, 0.1) is 10.0 Å². The van der Waals surface area contributed by atoms with Crippen LogP contribution in [0.15, 0.2) is 18.2 Å². The van der Waals surface area contributed by atoms with Crippen LogP contribution in [0.2, 0.25) is 10.0 Å². The number of nitrogens with two attached hydrogens (primary N) is 1. The van der Waals surface area contributed by atoms with Crippen molar-refractivity contribution in [2.24, 2.45) is 11.7 Å². The van der Waals surface area contributed by atoms with Crippen molar-refractivity contribution in [3.8, 4) is 0 Å². The van der Waals surface area contributed by atoms with Crippen LogP contribution >= 0.6 is 23.2 Å². The van der Waals surface area contributed by atoms with Gasteiger partial charge in [-0.3, -0.25) is 0 Å². The first-order valence-corrected chi connectivity index (χ1v) is 7.31. The number of hydrogen-bond donors (Lipinski definition) is 1. The Balaban J connectivity index is 1.85. The fourth-order valence-electron chi connectivity index (χ4n) is 2.60. The molecular formula is C14H20Cl2N2. The Morgan fingerprint density at radius 1 is 1.17 bits per heavy atom. The van der Waals surface area contributed by atoms with Crippen molar-refractivity contribution in [3.05, 3.63) is 33.8 Å². The summed E-state index contributed by atoms with van der Waals surface area (Å²) in [6, 6.07) is 5.97. The number of rotatable bonds is 4. The molecule has 1 saturated heterocycles. The summed E-state index contributed by atoms with van der Waals surface area (Å²) in [6.45, 7) is 4.13. The zero-order valence-corrected chi connectivity index (χ0v) is 12.1. The Bertz CT molecular complexity index is 387. The quantitative estimate of drug-likeness (QED) is 0.921. The molecule has 1 aliphatic rings. The van der Waals surface area contributed by atoms with Crippen molar-refractivity contribution in [2.75, 3.05) is 26.2 Å². The van der Waals surface area contributed by atoms with E-state index in [1.165, 1.54) is 31.5 Å².